The second-order valence-electron chi connectivity index (χ2n) is 7.93. The molecule has 0 bridgehead atoms. The highest BCUT2D eigenvalue weighted by Gasteiger charge is 2.37. The molecule has 0 amide bonds. The fourth-order valence-corrected chi connectivity index (χ4v) is 3.81. The van der Waals surface area contributed by atoms with E-state index in [1.807, 2.05) is 50.4 Å². The lowest BCUT2D eigenvalue weighted by atomic mass is 9.86. The summed E-state index contributed by atoms with van der Waals surface area (Å²) in [6.45, 7) is 4.39. The van der Waals surface area contributed by atoms with E-state index in [0.717, 1.165) is 40.2 Å². The minimum absolute atomic E-state index is 0.0180. The van der Waals surface area contributed by atoms with Gasteiger partial charge in [-0.15, -0.1) is 0 Å². The van der Waals surface area contributed by atoms with Crippen LogP contribution in [0.2, 0.25) is 0 Å². The second-order valence-corrected chi connectivity index (χ2v) is 7.93. The van der Waals surface area contributed by atoms with Crippen molar-refractivity contribution in [3.63, 3.8) is 0 Å². The number of benzene rings is 1. The molecule has 29 heavy (non-hydrogen) atoms. The van der Waals surface area contributed by atoms with Gasteiger partial charge in [-0.2, -0.15) is 0 Å². The number of alkyl halides is 2. The van der Waals surface area contributed by atoms with Gasteiger partial charge in [0.15, 0.2) is 0 Å². The smallest absolute Gasteiger partial charge is 0.248 e. The zero-order valence-electron chi connectivity index (χ0n) is 16.7. The van der Waals surface area contributed by atoms with Crippen LogP contribution in [0.1, 0.15) is 54.2 Å². The maximum Gasteiger partial charge on any atom is 0.248 e. The molecule has 2 aromatic heterocycles. The van der Waals surface area contributed by atoms with Gasteiger partial charge < -0.3 is 9.72 Å². The largest absolute Gasteiger partial charge is 0.487 e. The Morgan fingerprint density at radius 2 is 2.00 bits per heavy atom. The monoisotopic (exact) mass is 397 g/mol. The van der Waals surface area contributed by atoms with E-state index in [1.54, 1.807) is 6.20 Å². The Balaban J connectivity index is 1.45. The third-order valence-electron chi connectivity index (χ3n) is 5.46. The van der Waals surface area contributed by atoms with Crippen molar-refractivity contribution in [2.24, 2.45) is 0 Å². The lowest BCUT2D eigenvalue weighted by molar-refractivity contribution is -0.0416. The van der Waals surface area contributed by atoms with Crippen LogP contribution in [0.4, 0.5) is 8.78 Å². The van der Waals surface area contributed by atoms with Gasteiger partial charge in [0.1, 0.15) is 18.2 Å². The summed E-state index contributed by atoms with van der Waals surface area (Å²) in [7, 11) is 0. The molecule has 3 aromatic rings. The van der Waals surface area contributed by atoms with Gasteiger partial charge in [0.05, 0.1) is 17.6 Å². The van der Waals surface area contributed by atoms with Crippen LogP contribution in [0.15, 0.2) is 42.7 Å². The highest BCUT2D eigenvalue weighted by atomic mass is 19.3. The number of nitrogens with one attached hydrogen (secondary N) is 1. The van der Waals surface area contributed by atoms with Crippen molar-refractivity contribution in [1.29, 1.82) is 0 Å². The molecule has 0 radical (unpaired) electrons. The topological polar surface area (TPSA) is 50.8 Å². The van der Waals surface area contributed by atoms with Gasteiger partial charge >= 0.3 is 0 Å². The molecule has 1 N–H and O–H groups in total. The molecule has 1 aliphatic rings. The minimum Gasteiger partial charge on any atom is -0.487 e. The van der Waals surface area contributed by atoms with Crippen molar-refractivity contribution in [1.82, 2.24) is 15.0 Å². The van der Waals surface area contributed by atoms with E-state index in [1.165, 1.54) is 0 Å². The molecular weight excluding hydrogens is 372 g/mol. The highest BCUT2D eigenvalue weighted by Crippen LogP contribution is 2.41. The molecule has 0 aliphatic heterocycles. The van der Waals surface area contributed by atoms with Crippen molar-refractivity contribution in [3.05, 3.63) is 65.4 Å². The molecule has 6 heteroatoms. The average Bonchev–Trinajstić information content (AvgIpc) is 3.18. The number of nitrogens with zero attached hydrogens (tertiary/aromatic N) is 2. The van der Waals surface area contributed by atoms with E-state index < -0.39 is 5.92 Å². The first-order valence-electron chi connectivity index (χ1n) is 9.98. The van der Waals surface area contributed by atoms with Crippen LogP contribution >= 0.6 is 0 Å². The summed E-state index contributed by atoms with van der Waals surface area (Å²) in [4.78, 5) is 12.0. The van der Waals surface area contributed by atoms with Crippen molar-refractivity contribution in [3.8, 4) is 17.0 Å². The maximum absolute atomic E-state index is 13.7. The molecule has 4 nitrogen and oxygen atoms in total. The summed E-state index contributed by atoms with van der Waals surface area (Å²) >= 11 is 0. The average molecular weight is 397 g/mol. The first kappa shape index (κ1) is 19.6. The number of aryl methyl sites for hydroxylation is 2. The Morgan fingerprint density at radius 3 is 2.72 bits per heavy atom. The molecule has 4 rings (SSSR count). The normalized spacial score (nSPS) is 18.6. The summed E-state index contributed by atoms with van der Waals surface area (Å²) in [5, 5.41) is 0. The summed E-state index contributed by atoms with van der Waals surface area (Å²) in [6, 6.07) is 9.87. The Hall–Kier alpha value is -2.76. The number of H-pyrrole nitrogens is 1. The number of hydrogen-bond acceptors (Lipinski definition) is 3. The highest BCUT2D eigenvalue weighted by molar-refractivity contribution is 5.61. The van der Waals surface area contributed by atoms with E-state index >= 15 is 0 Å². The van der Waals surface area contributed by atoms with Crippen LogP contribution in [-0.2, 0) is 6.61 Å². The zero-order valence-corrected chi connectivity index (χ0v) is 16.7. The van der Waals surface area contributed by atoms with Gasteiger partial charge in [-0.1, -0.05) is 6.07 Å². The first-order chi connectivity index (χ1) is 13.9. The molecule has 0 saturated heterocycles. The number of imidazole rings is 1. The summed E-state index contributed by atoms with van der Waals surface area (Å²) in [6.07, 6.45) is 4.70. The number of hydrogen-bond donors (Lipinski definition) is 1. The Morgan fingerprint density at radius 1 is 1.14 bits per heavy atom. The lowest BCUT2D eigenvalue weighted by Gasteiger charge is -2.27. The molecule has 2 heterocycles. The fourth-order valence-electron chi connectivity index (χ4n) is 3.81. The molecule has 1 atom stereocenters. The summed E-state index contributed by atoms with van der Waals surface area (Å²) in [5.74, 6) is -1.35. The van der Waals surface area contributed by atoms with Gasteiger partial charge in [-0.25, -0.2) is 13.8 Å². The van der Waals surface area contributed by atoms with Crippen LogP contribution in [-0.4, -0.2) is 20.9 Å². The number of aromatic amines is 1. The van der Waals surface area contributed by atoms with Crippen LogP contribution < -0.4 is 4.74 Å². The van der Waals surface area contributed by atoms with Gasteiger partial charge in [-0.3, -0.25) is 4.98 Å². The molecule has 1 aromatic carbocycles. The van der Waals surface area contributed by atoms with E-state index in [9.17, 15) is 8.78 Å². The van der Waals surface area contributed by atoms with Crippen LogP contribution in [0.25, 0.3) is 11.3 Å². The van der Waals surface area contributed by atoms with E-state index in [-0.39, 0.29) is 18.8 Å². The first-order valence-corrected chi connectivity index (χ1v) is 9.98. The Labute approximate surface area is 169 Å². The van der Waals surface area contributed by atoms with Crippen molar-refractivity contribution in [2.75, 3.05) is 0 Å². The summed E-state index contributed by atoms with van der Waals surface area (Å²) < 4.78 is 33.3. The molecule has 1 fully saturated rings. The number of halogens is 2. The van der Waals surface area contributed by atoms with Gasteiger partial charge in [0, 0.05) is 30.5 Å². The molecule has 1 aliphatic carbocycles. The zero-order chi connectivity index (χ0) is 20.4. The van der Waals surface area contributed by atoms with E-state index in [0.29, 0.717) is 18.9 Å². The van der Waals surface area contributed by atoms with Crippen LogP contribution in [0, 0.1) is 13.8 Å². The number of aromatic nitrogens is 3. The number of rotatable bonds is 5. The number of pyridine rings is 1. The van der Waals surface area contributed by atoms with Crippen molar-refractivity contribution in [2.45, 2.75) is 58.0 Å². The van der Waals surface area contributed by atoms with Gasteiger partial charge in [0.25, 0.3) is 0 Å². The molecule has 1 saturated carbocycles. The second kappa shape index (κ2) is 7.93. The predicted molar refractivity (Wildman–Crippen MR) is 108 cm³/mol. The predicted octanol–water partition coefficient (Wildman–Crippen LogP) is 5.96. The molecular formula is C23H25F2N3O. The molecule has 152 valence electrons. The lowest BCUT2D eigenvalue weighted by Crippen LogP contribution is -2.25. The third-order valence-corrected chi connectivity index (χ3v) is 5.46. The molecule has 0 spiro atoms. The van der Waals surface area contributed by atoms with Gasteiger partial charge in [-0.05, 0) is 62.1 Å². The van der Waals surface area contributed by atoms with Crippen LogP contribution in [0.3, 0.4) is 0 Å². The van der Waals surface area contributed by atoms with Gasteiger partial charge in [0.2, 0.25) is 5.92 Å². The SMILES string of the molecule is Cc1ccc(COc2ccc(-c3cnc(C4CCCC(F)(F)C4)[nH]3)cc2C)nc1. The summed E-state index contributed by atoms with van der Waals surface area (Å²) in [5.41, 5.74) is 4.79. The quantitative estimate of drug-likeness (QED) is 0.578. The fraction of sp³-hybridized carbons (Fsp3) is 0.391. The van der Waals surface area contributed by atoms with Crippen LogP contribution in [0.5, 0.6) is 5.75 Å². The maximum atomic E-state index is 13.7. The standard InChI is InChI=1S/C23H25F2N3O/c1-15-5-7-19(26-12-15)14-29-21-8-6-17(10-16(21)2)20-13-27-22(28-20)18-4-3-9-23(24,25)11-18/h5-8,10,12-13,18H,3-4,9,11,14H2,1-2H3,(H,27,28). The minimum atomic E-state index is -2.59. The van der Waals surface area contributed by atoms with E-state index in [2.05, 4.69) is 15.0 Å². The van der Waals surface area contributed by atoms with Crippen molar-refractivity contribution >= 4 is 0 Å². The van der Waals surface area contributed by atoms with E-state index in [4.69, 9.17) is 4.74 Å². The number of ether oxygens (including phenoxy) is 1. The Bertz CT molecular complexity index is 982. The van der Waals surface area contributed by atoms with Crippen molar-refractivity contribution < 1.29 is 13.5 Å². The third kappa shape index (κ3) is 4.63. The molecule has 1 unspecified atom stereocenters. The Kier molecular flexibility index (Phi) is 5.35.